The number of carbonyl (C=O) groups excluding carboxylic acids is 2. The van der Waals surface area contributed by atoms with Crippen molar-refractivity contribution in [3.8, 4) is 5.75 Å². The Hall–Kier alpha value is -3.51. The highest BCUT2D eigenvalue weighted by Crippen LogP contribution is 2.39. The van der Waals surface area contributed by atoms with Gasteiger partial charge in [0.25, 0.3) is 0 Å². The van der Waals surface area contributed by atoms with Gasteiger partial charge in [-0.1, -0.05) is 45.0 Å². The summed E-state index contributed by atoms with van der Waals surface area (Å²) in [4.78, 5) is 37.4. The van der Waals surface area contributed by atoms with Gasteiger partial charge in [0, 0.05) is 18.2 Å². The highest BCUT2D eigenvalue weighted by molar-refractivity contribution is 5.94. The predicted octanol–water partition coefficient (Wildman–Crippen LogP) is 4.48. The highest BCUT2D eigenvalue weighted by Gasteiger charge is 2.41. The summed E-state index contributed by atoms with van der Waals surface area (Å²) in [6.45, 7) is 6.96. The Labute approximate surface area is 235 Å². The van der Waals surface area contributed by atoms with Crippen LogP contribution in [-0.4, -0.2) is 48.1 Å². The van der Waals surface area contributed by atoms with E-state index in [-0.39, 0.29) is 11.5 Å². The number of hydrogen-bond acceptors (Lipinski definition) is 6. The molecule has 1 heterocycles. The molecule has 1 aliphatic rings. The minimum absolute atomic E-state index is 0.0239. The number of amides is 1. The molecular formula is C29H34F4N2O6. The fourth-order valence-electron chi connectivity index (χ4n) is 4.74. The van der Waals surface area contributed by atoms with Gasteiger partial charge < -0.3 is 19.9 Å². The van der Waals surface area contributed by atoms with Crippen molar-refractivity contribution < 1.29 is 46.5 Å². The van der Waals surface area contributed by atoms with E-state index in [1.807, 2.05) is 24.3 Å². The molecule has 1 amide bonds. The maximum absolute atomic E-state index is 13.9. The zero-order valence-corrected chi connectivity index (χ0v) is 23.3. The summed E-state index contributed by atoms with van der Waals surface area (Å²) in [6, 6.07) is 5.01. The molecule has 1 aliphatic heterocycles. The molecule has 0 aromatic heterocycles. The molecular weight excluding hydrogens is 548 g/mol. The number of rotatable bonds is 11. The van der Waals surface area contributed by atoms with Gasteiger partial charge in [0.2, 0.25) is 17.5 Å². The van der Waals surface area contributed by atoms with Crippen molar-refractivity contribution in [2.75, 3.05) is 13.2 Å². The van der Waals surface area contributed by atoms with Crippen molar-refractivity contribution in [3.63, 3.8) is 0 Å². The molecule has 8 nitrogen and oxygen atoms in total. The first-order chi connectivity index (χ1) is 19.2. The van der Waals surface area contributed by atoms with Gasteiger partial charge in [-0.2, -0.15) is 8.78 Å². The van der Waals surface area contributed by atoms with Crippen molar-refractivity contribution >= 4 is 17.7 Å². The summed E-state index contributed by atoms with van der Waals surface area (Å²) in [7, 11) is 0. The number of ether oxygens (including phenoxy) is 2. The lowest BCUT2D eigenvalue weighted by Crippen LogP contribution is -2.57. The van der Waals surface area contributed by atoms with Crippen LogP contribution in [0.1, 0.15) is 64.5 Å². The number of carboxylic acid groups (broad SMARTS) is 1. The zero-order valence-electron chi connectivity index (χ0n) is 23.3. The molecule has 3 rings (SSSR count). The third kappa shape index (κ3) is 7.62. The molecule has 1 fully saturated rings. The van der Waals surface area contributed by atoms with Gasteiger partial charge in [-0.15, -0.1) is 0 Å². The monoisotopic (exact) mass is 582 g/mol. The van der Waals surface area contributed by atoms with Crippen LogP contribution in [0.3, 0.4) is 0 Å². The quantitative estimate of drug-likeness (QED) is 0.265. The molecule has 1 unspecified atom stereocenters. The van der Waals surface area contributed by atoms with E-state index in [9.17, 15) is 37.1 Å². The number of hydrogen-bond donors (Lipinski definition) is 3. The predicted molar refractivity (Wildman–Crippen MR) is 140 cm³/mol. The van der Waals surface area contributed by atoms with E-state index in [1.54, 1.807) is 0 Å². The standard InChI is InChI=1S/C29H34F4N2O6/c1-16(35-29(11-7-8-12-41-29)18-10-6-5-9-17(18)28(2,3)4)27(39)34-21(14-23(37)38)22(36)15-40-26-24(32)19(30)13-20(31)25(26)33/h5-6,9-10,13,16,21,35H,7-8,11-12,14-15H2,1-4H3,(H,34,39)(H,37,38)/t16-,21-,29?/m0/s1. The maximum atomic E-state index is 13.9. The van der Waals surface area contributed by atoms with Gasteiger partial charge in [-0.05, 0) is 37.2 Å². The van der Waals surface area contributed by atoms with Crippen LogP contribution in [0, 0.1) is 23.3 Å². The summed E-state index contributed by atoms with van der Waals surface area (Å²) in [5.41, 5.74) is 0.571. The van der Waals surface area contributed by atoms with Crippen LogP contribution in [0.5, 0.6) is 5.75 Å². The Morgan fingerprint density at radius 1 is 1.07 bits per heavy atom. The van der Waals surface area contributed by atoms with Crippen LogP contribution in [0.15, 0.2) is 30.3 Å². The highest BCUT2D eigenvalue weighted by atomic mass is 19.2. The number of carbonyl (C=O) groups is 3. The number of benzene rings is 2. The van der Waals surface area contributed by atoms with Gasteiger partial charge in [0.1, 0.15) is 18.4 Å². The molecule has 3 atom stereocenters. The van der Waals surface area contributed by atoms with E-state index >= 15 is 0 Å². The summed E-state index contributed by atoms with van der Waals surface area (Å²) in [5, 5.41) is 14.9. The number of carboxylic acids is 1. The number of nitrogens with one attached hydrogen (secondary N) is 2. The molecule has 41 heavy (non-hydrogen) atoms. The van der Waals surface area contributed by atoms with Gasteiger partial charge in [-0.3, -0.25) is 19.7 Å². The second-order valence-electron chi connectivity index (χ2n) is 11.0. The Balaban J connectivity index is 1.79. The first-order valence-corrected chi connectivity index (χ1v) is 13.2. The third-order valence-electron chi connectivity index (χ3n) is 6.80. The number of aliphatic carboxylic acids is 1. The van der Waals surface area contributed by atoms with E-state index in [0.29, 0.717) is 13.0 Å². The molecule has 0 spiro atoms. The minimum atomic E-state index is -1.86. The van der Waals surface area contributed by atoms with E-state index in [4.69, 9.17) is 4.74 Å². The Morgan fingerprint density at radius 3 is 2.27 bits per heavy atom. The lowest BCUT2D eigenvalue weighted by Gasteiger charge is -2.43. The van der Waals surface area contributed by atoms with Gasteiger partial charge in [0.15, 0.2) is 23.2 Å². The van der Waals surface area contributed by atoms with Crippen LogP contribution in [0.25, 0.3) is 0 Å². The average Bonchev–Trinajstić information content (AvgIpc) is 2.91. The topological polar surface area (TPSA) is 114 Å². The largest absolute Gasteiger partial charge is 0.481 e. The van der Waals surface area contributed by atoms with E-state index in [2.05, 4.69) is 36.1 Å². The van der Waals surface area contributed by atoms with Crippen LogP contribution in [0.4, 0.5) is 17.6 Å². The van der Waals surface area contributed by atoms with Crippen molar-refractivity contribution in [1.82, 2.24) is 10.6 Å². The zero-order chi connectivity index (χ0) is 30.5. The maximum Gasteiger partial charge on any atom is 0.305 e. The van der Waals surface area contributed by atoms with Crippen LogP contribution in [-0.2, 0) is 30.3 Å². The van der Waals surface area contributed by atoms with Gasteiger partial charge >= 0.3 is 5.97 Å². The third-order valence-corrected chi connectivity index (χ3v) is 6.80. The lowest BCUT2D eigenvalue weighted by molar-refractivity contribution is -0.142. The van der Waals surface area contributed by atoms with E-state index in [1.165, 1.54) is 6.92 Å². The number of ketones is 1. The summed E-state index contributed by atoms with van der Waals surface area (Å²) in [5.74, 6) is -12.0. The SMILES string of the molecule is C[C@H](NC1(c2ccccc2C(C)(C)C)CCCCO1)C(=O)N[C@@H](CC(=O)O)C(=O)COc1c(F)c(F)cc(F)c1F. The Bertz CT molecular complexity index is 1260. The molecule has 224 valence electrons. The molecule has 0 aliphatic carbocycles. The van der Waals surface area contributed by atoms with Crippen molar-refractivity contribution in [1.29, 1.82) is 0 Å². The summed E-state index contributed by atoms with van der Waals surface area (Å²) in [6.07, 6.45) is 1.31. The molecule has 0 bridgehead atoms. The van der Waals surface area contributed by atoms with Gasteiger partial charge in [0.05, 0.1) is 12.5 Å². The fourth-order valence-corrected chi connectivity index (χ4v) is 4.74. The van der Waals surface area contributed by atoms with E-state index in [0.717, 1.165) is 24.0 Å². The van der Waals surface area contributed by atoms with E-state index < -0.39 is 77.5 Å². The van der Waals surface area contributed by atoms with Gasteiger partial charge in [-0.25, -0.2) is 8.78 Å². The number of halogens is 4. The van der Waals surface area contributed by atoms with Crippen molar-refractivity contribution in [3.05, 3.63) is 64.7 Å². The Kier molecular flexibility index (Phi) is 10.1. The molecule has 2 aromatic rings. The summed E-state index contributed by atoms with van der Waals surface area (Å²) < 4.78 is 65.7. The summed E-state index contributed by atoms with van der Waals surface area (Å²) >= 11 is 0. The van der Waals surface area contributed by atoms with Crippen LogP contribution >= 0.6 is 0 Å². The normalized spacial score (nSPS) is 18.8. The second-order valence-corrected chi connectivity index (χ2v) is 11.0. The lowest BCUT2D eigenvalue weighted by atomic mass is 9.79. The minimum Gasteiger partial charge on any atom is -0.481 e. The smallest absolute Gasteiger partial charge is 0.305 e. The second kappa shape index (κ2) is 13.0. The number of Topliss-reactive ketones (excluding diaryl/α,β-unsaturated/α-hetero) is 1. The molecule has 1 saturated heterocycles. The molecule has 2 aromatic carbocycles. The van der Waals surface area contributed by atoms with Crippen LogP contribution in [0.2, 0.25) is 0 Å². The molecule has 12 heteroatoms. The molecule has 3 N–H and O–H groups in total. The Morgan fingerprint density at radius 2 is 1.71 bits per heavy atom. The van der Waals surface area contributed by atoms with Crippen molar-refractivity contribution in [2.45, 2.75) is 76.6 Å². The average molecular weight is 583 g/mol. The molecule has 0 radical (unpaired) electrons. The molecule has 0 saturated carbocycles. The first kappa shape index (κ1) is 32.0. The fraction of sp³-hybridized carbons (Fsp3) is 0.483. The van der Waals surface area contributed by atoms with Crippen molar-refractivity contribution in [2.24, 2.45) is 0 Å². The van der Waals surface area contributed by atoms with Crippen LogP contribution < -0.4 is 15.4 Å². The first-order valence-electron chi connectivity index (χ1n) is 13.2.